The minimum Gasteiger partial charge on any atom is -0.478 e. The van der Waals surface area contributed by atoms with E-state index in [4.69, 9.17) is 10.1 Å². The third-order valence-electron chi connectivity index (χ3n) is 2.13. The van der Waals surface area contributed by atoms with Gasteiger partial charge in [0.1, 0.15) is 0 Å². The molecule has 0 saturated carbocycles. The Morgan fingerprint density at radius 3 is 2.20 bits per heavy atom. The van der Waals surface area contributed by atoms with Crippen molar-refractivity contribution in [1.82, 2.24) is 0 Å². The first-order valence-electron chi connectivity index (χ1n) is 4.96. The van der Waals surface area contributed by atoms with Crippen LogP contribution in [0.4, 0.5) is 0 Å². The lowest BCUT2D eigenvalue weighted by molar-refractivity contribution is 0.325. The van der Waals surface area contributed by atoms with Crippen molar-refractivity contribution in [2.45, 2.75) is 26.7 Å². The predicted molar refractivity (Wildman–Crippen MR) is 66.2 cm³/mol. The van der Waals surface area contributed by atoms with Crippen molar-refractivity contribution in [3.8, 4) is 0 Å². The molecule has 0 aliphatic heterocycles. The summed E-state index contributed by atoms with van der Waals surface area (Å²) < 4.78 is 5.11. The second kappa shape index (κ2) is 6.46. The molecule has 1 rings (SSSR count). The van der Waals surface area contributed by atoms with Gasteiger partial charge < -0.3 is 4.74 Å². The molecular weight excluding hydrogens is 210 g/mol. The van der Waals surface area contributed by atoms with Gasteiger partial charge in [-0.05, 0) is 30.5 Å². The fraction of sp³-hybridized carbons (Fsp3) is 0.417. The Labute approximate surface area is 97.6 Å². The van der Waals surface area contributed by atoms with E-state index in [2.05, 4.69) is 13.8 Å². The van der Waals surface area contributed by atoms with Crippen LogP contribution in [0, 0.1) is 5.41 Å². The van der Waals surface area contributed by atoms with Gasteiger partial charge in [-0.1, -0.05) is 26.0 Å². The van der Waals surface area contributed by atoms with Crippen molar-refractivity contribution in [2.75, 3.05) is 6.61 Å². The molecule has 3 heteroatoms. The first-order chi connectivity index (χ1) is 6.65. The summed E-state index contributed by atoms with van der Waals surface area (Å²) in [5.41, 5.74) is 2.13. The van der Waals surface area contributed by atoms with Gasteiger partial charge in [-0.3, -0.25) is 5.41 Å². The summed E-state index contributed by atoms with van der Waals surface area (Å²) >= 11 is 0. The third kappa shape index (κ3) is 3.92. The third-order valence-corrected chi connectivity index (χ3v) is 2.13. The first kappa shape index (κ1) is 14.0. The molecule has 0 fully saturated rings. The molecule has 1 N–H and O–H groups in total. The van der Waals surface area contributed by atoms with E-state index in [1.807, 2.05) is 31.2 Å². The highest BCUT2D eigenvalue weighted by Gasteiger charge is 2.03. The quantitative estimate of drug-likeness (QED) is 0.621. The van der Waals surface area contributed by atoms with Crippen LogP contribution in [-0.2, 0) is 4.74 Å². The summed E-state index contributed by atoms with van der Waals surface area (Å²) in [6, 6.07) is 7.97. The lowest BCUT2D eigenvalue weighted by atomic mass is 10.0. The summed E-state index contributed by atoms with van der Waals surface area (Å²) in [6.07, 6.45) is 0. The Morgan fingerprint density at radius 2 is 1.80 bits per heavy atom. The van der Waals surface area contributed by atoms with Crippen LogP contribution in [0.25, 0.3) is 0 Å². The number of hydrogen-bond acceptors (Lipinski definition) is 2. The molecule has 0 aliphatic rings. The molecule has 84 valence electrons. The minimum absolute atomic E-state index is 0. The molecule has 1 aromatic rings. The van der Waals surface area contributed by atoms with Crippen LogP contribution in [0.1, 0.15) is 37.8 Å². The highest BCUT2D eigenvalue weighted by molar-refractivity contribution is 5.91. The van der Waals surface area contributed by atoms with E-state index in [0.717, 1.165) is 5.56 Å². The Morgan fingerprint density at radius 1 is 1.27 bits per heavy atom. The Kier molecular flexibility index (Phi) is 6.02. The maximum absolute atomic E-state index is 7.59. The van der Waals surface area contributed by atoms with Crippen molar-refractivity contribution in [3.05, 3.63) is 35.4 Å². The number of halogens is 1. The van der Waals surface area contributed by atoms with Gasteiger partial charge in [-0.15, -0.1) is 12.4 Å². The molecule has 2 nitrogen and oxygen atoms in total. The monoisotopic (exact) mass is 227 g/mol. The van der Waals surface area contributed by atoms with E-state index in [1.165, 1.54) is 5.56 Å². The molecule has 1 aromatic carbocycles. The van der Waals surface area contributed by atoms with Crippen LogP contribution < -0.4 is 0 Å². The first-order valence-corrected chi connectivity index (χ1v) is 4.96. The fourth-order valence-corrected chi connectivity index (χ4v) is 1.25. The van der Waals surface area contributed by atoms with Gasteiger partial charge >= 0.3 is 0 Å². The molecule has 0 aromatic heterocycles. The molecule has 0 amide bonds. The highest BCUT2D eigenvalue weighted by Crippen LogP contribution is 2.14. The summed E-state index contributed by atoms with van der Waals surface area (Å²) in [5.74, 6) is 0.785. The van der Waals surface area contributed by atoms with Gasteiger partial charge in [0.25, 0.3) is 0 Å². The van der Waals surface area contributed by atoms with Gasteiger partial charge in [-0.25, -0.2) is 0 Å². The van der Waals surface area contributed by atoms with Crippen molar-refractivity contribution in [1.29, 1.82) is 5.41 Å². The van der Waals surface area contributed by atoms with Gasteiger partial charge in [0, 0.05) is 5.56 Å². The molecular formula is C12H18ClNO. The second-order valence-corrected chi connectivity index (χ2v) is 3.54. The minimum atomic E-state index is 0. The Balaban J connectivity index is 0.00000196. The number of ether oxygens (including phenoxy) is 1. The maximum atomic E-state index is 7.59. The van der Waals surface area contributed by atoms with Crippen LogP contribution in [-0.4, -0.2) is 12.5 Å². The van der Waals surface area contributed by atoms with Crippen LogP contribution in [0.15, 0.2) is 24.3 Å². The molecule has 0 spiro atoms. The second-order valence-electron chi connectivity index (χ2n) is 3.54. The van der Waals surface area contributed by atoms with Gasteiger partial charge in [0.15, 0.2) is 0 Å². The van der Waals surface area contributed by atoms with E-state index < -0.39 is 0 Å². The smallest absolute Gasteiger partial charge is 0.213 e. The average Bonchev–Trinajstić information content (AvgIpc) is 2.18. The van der Waals surface area contributed by atoms with Crippen LogP contribution in [0.5, 0.6) is 0 Å². The summed E-state index contributed by atoms with van der Waals surface area (Å²) in [4.78, 5) is 0. The topological polar surface area (TPSA) is 33.1 Å². The largest absolute Gasteiger partial charge is 0.478 e. The molecule has 0 radical (unpaired) electrons. The van der Waals surface area contributed by atoms with E-state index >= 15 is 0 Å². The fourth-order valence-electron chi connectivity index (χ4n) is 1.25. The van der Waals surface area contributed by atoms with E-state index in [1.54, 1.807) is 0 Å². The Bertz CT molecular complexity index is 306. The van der Waals surface area contributed by atoms with E-state index in [-0.39, 0.29) is 18.3 Å². The molecule has 0 unspecified atom stereocenters. The van der Waals surface area contributed by atoms with Crippen molar-refractivity contribution in [3.63, 3.8) is 0 Å². The molecule has 0 heterocycles. The molecule has 0 saturated heterocycles. The Hall–Kier alpha value is -1.02. The zero-order valence-corrected chi connectivity index (χ0v) is 10.2. The highest BCUT2D eigenvalue weighted by atomic mass is 35.5. The molecule has 15 heavy (non-hydrogen) atoms. The van der Waals surface area contributed by atoms with Crippen LogP contribution in [0.3, 0.4) is 0 Å². The number of hydrogen-bond donors (Lipinski definition) is 1. The van der Waals surface area contributed by atoms with Crippen molar-refractivity contribution < 1.29 is 4.74 Å². The van der Waals surface area contributed by atoms with E-state index in [0.29, 0.717) is 12.5 Å². The van der Waals surface area contributed by atoms with Crippen LogP contribution in [0.2, 0.25) is 0 Å². The summed E-state index contributed by atoms with van der Waals surface area (Å²) in [7, 11) is 0. The molecule has 0 atom stereocenters. The number of nitrogens with one attached hydrogen (secondary N) is 1. The summed E-state index contributed by atoms with van der Waals surface area (Å²) in [6.45, 7) is 6.74. The van der Waals surface area contributed by atoms with Gasteiger partial charge in [0.05, 0.1) is 6.61 Å². The number of benzene rings is 1. The normalized spacial score (nSPS) is 9.60. The number of rotatable bonds is 3. The average molecular weight is 228 g/mol. The van der Waals surface area contributed by atoms with E-state index in [9.17, 15) is 0 Å². The zero-order valence-electron chi connectivity index (χ0n) is 9.41. The van der Waals surface area contributed by atoms with Crippen LogP contribution >= 0.6 is 12.4 Å². The lowest BCUT2D eigenvalue weighted by Gasteiger charge is -2.07. The van der Waals surface area contributed by atoms with Gasteiger partial charge in [0.2, 0.25) is 5.90 Å². The predicted octanol–water partition coefficient (Wildman–Crippen LogP) is 3.59. The van der Waals surface area contributed by atoms with Crippen molar-refractivity contribution in [2.24, 2.45) is 0 Å². The molecule has 0 aliphatic carbocycles. The summed E-state index contributed by atoms with van der Waals surface area (Å²) in [5, 5.41) is 7.59. The lowest BCUT2D eigenvalue weighted by Crippen LogP contribution is -2.04. The maximum Gasteiger partial charge on any atom is 0.213 e. The molecule has 0 bridgehead atoms. The SMILES string of the molecule is CCOC(=N)c1ccc(C(C)C)cc1.Cl. The standard InChI is InChI=1S/C12H17NO.ClH/c1-4-14-12(13)11-7-5-10(6-8-11)9(2)3;/h5-9,13H,4H2,1-3H3;1H. The van der Waals surface area contributed by atoms with Crippen molar-refractivity contribution >= 4 is 18.3 Å². The zero-order chi connectivity index (χ0) is 10.6. The van der Waals surface area contributed by atoms with Gasteiger partial charge in [-0.2, -0.15) is 0 Å².